The molecule has 0 aromatic heterocycles. The fraction of sp³-hybridized carbons (Fsp3) is 0.529. The monoisotopic (exact) mass is 338 g/mol. The van der Waals surface area contributed by atoms with Gasteiger partial charge in [-0.2, -0.15) is 0 Å². The summed E-state index contributed by atoms with van der Waals surface area (Å²) < 4.78 is 5.38. The van der Waals surface area contributed by atoms with Crippen LogP contribution in [0, 0.1) is 6.92 Å². The van der Waals surface area contributed by atoms with Gasteiger partial charge >= 0.3 is 6.09 Å². The van der Waals surface area contributed by atoms with Crippen molar-refractivity contribution in [3.05, 3.63) is 28.8 Å². The van der Waals surface area contributed by atoms with Crippen LogP contribution in [0.1, 0.15) is 39.2 Å². The van der Waals surface area contributed by atoms with Crippen LogP contribution in [0.5, 0.6) is 0 Å². The average molecular weight is 339 g/mol. The number of carbonyl (C=O) groups excluding carboxylic acids is 2. The summed E-state index contributed by atoms with van der Waals surface area (Å²) in [5.74, 6) is -0.210. The molecule has 2 amide bonds. The molecule has 6 heteroatoms. The Labute approximate surface area is 141 Å². The Balaban J connectivity index is 2.08. The van der Waals surface area contributed by atoms with Crippen molar-refractivity contribution in [3.63, 3.8) is 0 Å². The smallest absolute Gasteiger partial charge is 0.410 e. The van der Waals surface area contributed by atoms with Gasteiger partial charge in [-0.1, -0.05) is 17.7 Å². The third-order valence-corrected chi connectivity index (χ3v) is 3.88. The summed E-state index contributed by atoms with van der Waals surface area (Å²) in [5, 5.41) is 3.42. The maximum Gasteiger partial charge on any atom is 0.410 e. The highest BCUT2D eigenvalue weighted by atomic mass is 35.5. The van der Waals surface area contributed by atoms with Crippen LogP contribution in [0.2, 0.25) is 5.02 Å². The van der Waals surface area contributed by atoms with Crippen LogP contribution in [0.4, 0.5) is 10.5 Å². The van der Waals surface area contributed by atoms with Crippen LogP contribution in [-0.4, -0.2) is 35.1 Å². The number of anilines is 1. The van der Waals surface area contributed by atoms with E-state index in [4.69, 9.17) is 16.3 Å². The van der Waals surface area contributed by atoms with Gasteiger partial charge in [0.1, 0.15) is 11.6 Å². The minimum atomic E-state index is -0.579. The predicted octanol–water partition coefficient (Wildman–Crippen LogP) is 3.99. The number of hydrogen-bond acceptors (Lipinski definition) is 3. The van der Waals surface area contributed by atoms with Gasteiger partial charge in [0, 0.05) is 17.3 Å². The molecule has 2 rings (SSSR count). The van der Waals surface area contributed by atoms with Gasteiger partial charge in [0.25, 0.3) is 0 Å². The van der Waals surface area contributed by atoms with Gasteiger partial charge in [-0.25, -0.2) is 4.79 Å². The van der Waals surface area contributed by atoms with Crippen LogP contribution in [0.15, 0.2) is 18.2 Å². The van der Waals surface area contributed by atoms with Crippen LogP contribution in [-0.2, 0) is 9.53 Å². The lowest BCUT2D eigenvalue weighted by Crippen LogP contribution is -2.45. The number of likely N-dealkylation sites (tertiary alicyclic amines) is 1. The fourth-order valence-corrected chi connectivity index (χ4v) is 2.70. The van der Waals surface area contributed by atoms with Crippen molar-refractivity contribution in [2.24, 2.45) is 0 Å². The molecule has 0 aliphatic carbocycles. The minimum Gasteiger partial charge on any atom is -0.444 e. The molecule has 0 saturated carbocycles. The van der Waals surface area contributed by atoms with Crippen molar-refractivity contribution in [3.8, 4) is 0 Å². The number of halogens is 1. The number of hydrogen-bond donors (Lipinski definition) is 1. The Morgan fingerprint density at radius 2 is 2.04 bits per heavy atom. The first-order valence-corrected chi connectivity index (χ1v) is 8.12. The summed E-state index contributed by atoms with van der Waals surface area (Å²) >= 11 is 5.98. The molecule has 0 radical (unpaired) electrons. The number of nitrogens with zero attached hydrogens (tertiary/aromatic N) is 1. The molecular weight excluding hydrogens is 316 g/mol. The molecular formula is C17H23ClN2O3. The largest absolute Gasteiger partial charge is 0.444 e. The second-order valence-corrected chi connectivity index (χ2v) is 7.22. The van der Waals surface area contributed by atoms with Crippen LogP contribution >= 0.6 is 11.6 Å². The van der Waals surface area contributed by atoms with Gasteiger partial charge < -0.3 is 10.1 Å². The summed E-state index contributed by atoms with van der Waals surface area (Å²) in [6, 6.07) is 4.82. The van der Waals surface area contributed by atoms with Crippen molar-refractivity contribution < 1.29 is 14.3 Å². The Hall–Kier alpha value is -1.75. The Morgan fingerprint density at radius 3 is 2.70 bits per heavy atom. The fourth-order valence-electron chi connectivity index (χ4n) is 2.52. The maximum atomic E-state index is 12.6. The summed E-state index contributed by atoms with van der Waals surface area (Å²) in [6.07, 6.45) is 0.967. The lowest BCUT2D eigenvalue weighted by Gasteiger charge is -2.28. The first kappa shape index (κ1) is 17.6. The molecule has 1 aromatic carbocycles. The van der Waals surface area contributed by atoms with E-state index in [0.29, 0.717) is 23.7 Å². The van der Waals surface area contributed by atoms with Gasteiger partial charge in [-0.15, -0.1) is 0 Å². The lowest BCUT2D eigenvalue weighted by molar-refractivity contribution is -0.120. The molecule has 0 spiro atoms. The van der Waals surface area contributed by atoms with E-state index in [2.05, 4.69) is 5.32 Å². The SMILES string of the molecule is Cc1ccc(Cl)cc1NC(=O)C1CCCN1C(=O)OC(C)(C)C. The van der Waals surface area contributed by atoms with Crippen molar-refractivity contribution in [2.45, 2.75) is 52.2 Å². The maximum absolute atomic E-state index is 12.6. The molecule has 126 valence electrons. The molecule has 1 atom stereocenters. The summed E-state index contributed by atoms with van der Waals surface area (Å²) in [5.41, 5.74) is 1.01. The van der Waals surface area contributed by atoms with Crippen molar-refractivity contribution in [2.75, 3.05) is 11.9 Å². The first-order chi connectivity index (χ1) is 10.7. The number of aryl methyl sites for hydroxylation is 1. The molecule has 1 aromatic rings. The molecule has 1 unspecified atom stereocenters. The highest BCUT2D eigenvalue weighted by molar-refractivity contribution is 6.31. The van der Waals surface area contributed by atoms with Crippen LogP contribution in [0.3, 0.4) is 0 Å². The van der Waals surface area contributed by atoms with E-state index in [1.807, 2.05) is 33.8 Å². The van der Waals surface area contributed by atoms with E-state index >= 15 is 0 Å². The van der Waals surface area contributed by atoms with E-state index in [-0.39, 0.29) is 5.91 Å². The van der Waals surface area contributed by atoms with Gasteiger partial charge in [0.05, 0.1) is 0 Å². The normalized spacial score (nSPS) is 18.0. The van der Waals surface area contributed by atoms with E-state index in [9.17, 15) is 9.59 Å². The third-order valence-electron chi connectivity index (χ3n) is 3.64. The molecule has 23 heavy (non-hydrogen) atoms. The first-order valence-electron chi connectivity index (χ1n) is 7.74. The lowest BCUT2D eigenvalue weighted by atomic mass is 10.1. The number of carbonyl (C=O) groups is 2. The second-order valence-electron chi connectivity index (χ2n) is 6.78. The van der Waals surface area contributed by atoms with E-state index in [0.717, 1.165) is 12.0 Å². The average Bonchev–Trinajstić information content (AvgIpc) is 2.90. The summed E-state index contributed by atoms with van der Waals surface area (Å²) in [4.78, 5) is 26.3. The molecule has 5 nitrogen and oxygen atoms in total. The molecule has 0 bridgehead atoms. The number of benzene rings is 1. The van der Waals surface area contributed by atoms with Gasteiger partial charge in [0.2, 0.25) is 5.91 Å². The number of amides is 2. The van der Waals surface area contributed by atoms with Crippen molar-refractivity contribution in [1.82, 2.24) is 4.90 Å². The standard InChI is InChI=1S/C17H23ClN2O3/c1-11-7-8-12(18)10-13(11)19-15(21)14-6-5-9-20(14)16(22)23-17(2,3)4/h7-8,10,14H,5-6,9H2,1-4H3,(H,19,21). The highest BCUT2D eigenvalue weighted by Gasteiger charge is 2.36. The van der Waals surface area contributed by atoms with E-state index in [1.165, 1.54) is 4.90 Å². The number of ether oxygens (including phenoxy) is 1. The Kier molecular flexibility index (Phi) is 5.19. The topological polar surface area (TPSA) is 58.6 Å². The molecule has 1 aliphatic heterocycles. The number of rotatable bonds is 2. The Morgan fingerprint density at radius 1 is 1.35 bits per heavy atom. The summed E-state index contributed by atoms with van der Waals surface area (Å²) in [7, 11) is 0. The molecule has 1 aliphatic rings. The quantitative estimate of drug-likeness (QED) is 0.887. The minimum absolute atomic E-state index is 0.210. The second kappa shape index (κ2) is 6.79. The van der Waals surface area contributed by atoms with E-state index in [1.54, 1.807) is 12.1 Å². The zero-order valence-electron chi connectivity index (χ0n) is 14.0. The van der Waals surface area contributed by atoms with Gasteiger partial charge in [0.15, 0.2) is 0 Å². The van der Waals surface area contributed by atoms with E-state index < -0.39 is 17.7 Å². The number of nitrogens with one attached hydrogen (secondary N) is 1. The highest BCUT2D eigenvalue weighted by Crippen LogP contribution is 2.24. The van der Waals surface area contributed by atoms with Crippen LogP contribution in [0.25, 0.3) is 0 Å². The zero-order chi connectivity index (χ0) is 17.2. The Bertz CT molecular complexity index is 610. The molecule has 1 saturated heterocycles. The van der Waals surface area contributed by atoms with Crippen molar-refractivity contribution >= 4 is 29.3 Å². The third kappa shape index (κ3) is 4.61. The summed E-state index contributed by atoms with van der Waals surface area (Å²) in [6.45, 7) is 7.86. The van der Waals surface area contributed by atoms with Gasteiger partial charge in [-0.3, -0.25) is 9.69 Å². The van der Waals surface area contributed by atoms with Crippen molar-refractivity contribution in [1.29, 1.82) is 0 Å². The zero-order valence-corrected chi connectivity index (χ0v) is 14.7. The molecule has 1 N–H and O–H groups in total. The van der Waals surface area contributed by atoms with Gasteiger partial charge in [-0.05, 0) is 58.2 Å². The predicted molar refractivity (Wildman–Crippen MR) is 90.8 cm³/mol. The van der Waals surface area contributed by atoms with Crippen LogP contribution < -0.4 is 5.32 Å². The molecule has 1 heterocycles. The molecule has 1 fully saturated rings.